The SMILES string of the molecule is CC(C)c1nnsc1C(=O)NCc1ccnc(C2CCCOC2)n1. The fourth-order valence-corrected chi connectivity index (χ4v) is 3.37. The van der Waals surface area contributed by atoms with Gasteiger partial charge in [0.15, 0.2) is 0 Å². The summed E-state index contributed by atoms with van der Waals surface area (Å²) in [7, 11) is 0. The van der Waals surface area contributed by atoms with Gasteiger partial charge in [-0.15, -0.1) is 5.10 Å². The van der Waals surface area contributed by atoms with Crippen LogP contribution in [0.25, 0.3) is 0 Å². The Morgan fingerprint density at radius 3 is 3.12 bits per heavy atom. The summed E-state index contributed by atoms with van der Waals surface area (Å²) < 4.78 is 9.38. The molecule has 1 unspecified atom stereocenters. The summed E-state index contributed by atoms with van der Waals surface area (Å²) in [5.74, 6) is 1.05. The van der Waals surface area contributed by atoms with Crippen LogP contribution in [0.2, 0.25) is 0 Å². The molecular weight excluding hydrogens is 326 g/mol. The summed E-state index contributed by atoms with van der Waals surface area (Å²) in [5.41, 5.74) is 1.53. The summed E-state index contributed by atoms with van der Waals surface area (Å²) in [6.45, 7) is 5.83. The van der Waals surface area contributed by atoms with Gasteiger partial charge in [-0.2, -0.15) is 0 Å². The van der Waals surface area contributed by atoms with Crippen molar-refractivity contribution in [2.45, 2.75) is 45.1 Å². The number of ether oxygens (including phenoxy) is 1. The Balaban J connectivity index is 1.64. The van der Waals surface area contributed by atoms with E-state index in [4.69, 9.17) is 4.74 Å². The van der Waals surface area contributed by atoms with Crippen LogP contribution in [0.4, 0.5) is 0 Å². The summed E-state index contributed by atoms with van der Waals surface area (Å²) in [4.78, 5) is 21.8. The molecule has 2 aromatic rings. The third kappa shape index (κ3) is 3.93. The predicted molar refractivity (Wildman–Crippen MR) is 90.0 cm³/mol. The first kappa shape index (κ1) is 16.9. The smallest absolute Gasteiger partial charge is 0.265 e. The molecule has 1 atom stereocenters. The van der Waals surface area contributed by atoms with Crippen LogP contribution in [0.3, 0.4) is 0 Å². The number of amides is 1. The number of nitrogens with zero attached hydrogens (tertiary/aromatic N) is 4. The molecule has 128 valence electrons. The van der Waals surface area contributed by atoms with Gasteiger partial charge < -0.3 is 10.1 Å². The zero-order valence-electron chi connectivity index (χ0n) is 13.9. The van der Waals surface area contributed by atoms with Gasteiger partial charge in [-0.25, -0.2) is 9.97 Å². The molecule has 0 saturated carbocycles. The standard InChI is InChI=1S/C16H21N5O2S/c1-10(2)13-14(24-21-20-13)16(22)18-8-12-5-6-17-15(19-12)11-4-3-7-23-9-11/h5-6,10-11H,3-4,7-9H2,1-2H3,(H,18,22). The van der Waals surface area contributed by atoms with Crippen LogP contribution in [-0.4, -0.2) is 38.7 Å². The van der Waals surface area contributed by atoms with Gasteiger partial charge in [-0.1, -0.05) is 18.3 Å². The van der Waals surface area contributed by atoms with E-state index in [1.807, 2.05) is 19.9 Å². The summed E-state index contributed by atoms with van der Waals surface area (Å²) >= 11 is 1.12. The number of aromatic nitrogens is 4. The number of hydrogen-bond acceptors (Lipinski definition) is 7. The summed E-state index contributed by atoms with van der Waals surface area (Å²) in [6, 6.07) is 1.82. The minimum Gasteiger partial charge on any atom is -0.381 e. The number of carbonyl (C=O) groups excluding carboxylic acids is 1. The molecule has 1 aliphatic heterocycles. The van der Waals surface area contributed by atoms with E-state index in [1.165, 1.54) is 0 Å². The van der Waals surface area contributed by atoms with E-state index in [0.717, 1.165) is 48.2 Å². The van der Waals surface area contributed by atoms with E-state index in [0.29, 0.717) is 18.0 Å². The van der Waals surface area contributed by atoms with Crippen molar-refractivity contribution >= 4 is 17.4 Å². The molecule has 3 heterocycles. The Labute approximate surface area is 145 Å². The van der Waals surface area contributed by atoms with Crippen molar-refractivity contribution < 1.29 is 9.53 Å². The van der Waals surface area contributed by atoms with Crippen molar-refractivity contribution in [3.63, 3.8) is 0 Å². The Morgan fingerprint density at radius 1 is 1.50 bits per heavy atom. The molecule has 1 saturated heterocycles. The molecule has 7 nitrogen and oxygen atoms in total. The zero-order valence-corrected chi connectivity index (χ0v) is 14.7. The largest absolute Gasteiger partial charge is 0.381 e. The highest BCUT2D eigenvalue weighted by molar-refractivity contribution is 7.08. The monoisotopic (exact) mass is 347 g/mol. The molecule has 0 radical (unpaired) electrons. The third-order valence-corrected chi connectivity index (χ3v) is 4.69. The minimum absolute atomic E-state index is 0.158. The number of rotatable bonds is 5. The van der Waals surface area contributed by atoms with Crippen LogP contribution in [0.5, 0.6) is 0 Å². The Hall–Kier alpha value is -1.93. The van der Waals surface area contributed by atoms with Gasteiger partial charge in [0.1, 0.15) is 10.7 Å². The van der Waals surface area contributed by atoms with E-state index in [2.05, 4.69) is 24.9 Å². The van der Waals surface area contributed by atoms with Crippen molar-refractivity contribution in [3.8, 4) is 0 Å². The lowest BCUT2D eigenvalue weighted by Crippen LogP contribution is -2.24. The van der Waals surface area contributed by atoms with E-state index in [9.17, 15) is 4.79 Å². The van der Waals surface area contributed by atoms with Crippen LogP contribution in [0.1, 0.15) is 65.4 Å². The van der Waals surface area contributed by atoms with Gasteiger partial charge in [0.2, 0.25) is 0 Å². The highest BCUT2D eigenvalue weighted by Crippen LogP contribution is 2.22. The molecular formula is C16H21N5O2S. The average molecular weight is 347 g/mol. The number of carbonyl (C=O) groups is 1. The van der Waals surface area contributed by atoms with Crippen LogP contribution < -0.4 is 5.32 Å². The van der Waals surface area contributed by atoms with Crippen LogP contribution in [0, 0.1) is 0 Å². The van der Waals surface area contributed by atoms with Crippen molar-refractivity contribution in [2.24, 2.45) is 0 Å². The van der Waals surface area contributed by atoms with E-state index < -0.39 is 0 Å². The molecule has 0 spiro atoms. The predicted octanol–water partition coefficient (Wildman–Crippen LogP) is 2.28. The Bertz CT molecular complexity index is 697. The first-order chi connectivity index (χ1) is 11.6. The lowest BCUT2D eigenvalue weighted by atomic mass is 10.0. The molecule has 3 rings (SSSR count). The number of nitrogens with one attached hydrogen (secondary N) is 1. The van der Waals surface area contributed by atoms with Gasteiger partial charge in [0, 0.05) is 18.7 Å². The second kappa shape index (κ2) is 7.76. The van der Waals surface area contributed by atoms with E-state index >= 15 is 0 Å². The highest BCUT2D eigenvalue weighted by Gasteiger charge is 2.20. The first-order valence-electron chi connectivity index (χ1n) is 8.15. The highest BCUT2D eigenvalue weighted by atomic mass is 32.1. The quantitative estimate of drug-likeness (QED) is 0.892. The fraction of sp³-hybridized carbons (Fsp3) is 0.562. The van der Waals surface area contributed by atoms with Gasteiger partial charge in [0.25, 0.3) is 5.91 Å². The zero-order chi connectivity index (χ0) is 16.9. The van der Waals surface area contributed by atoms with Crippen LogP contribution in [0.15, 0.2) is 12.3 Å². The lowest BCUT2D eigenvalue weighted by molar-refractivity contribution is 0.0779. The average Bonchev–Trinajstić information content (AvgIpc) is 3.11. The molecule has 2 aromatic heterocycles. The second-order valence-corrected chi connectivity index (χ2v) is 6.90. The van der Waals surface area contributed by atoms with Crippen molar-refractivity contribution in [1.29, 1.82) is 0 Å². The van der Waals surface area contributed by atoms with Gasteiger partial charge in [-0.05, 0) is 36.4 Å². The van der Waals surface area contributed by atoms with Gasteiger partial charge >= 0.3 is 0 Å². The summed E-state index contributed by atoms with van der Waals surface area (Å²) in [5, 5.41) is 6.93. The molecule has 1 fully saturated rings. The molecule has 0 aromatic carbocycles. The van der Waals surface area contributed by atoms with Crippen LogP contribution in [-0.2, 0) is 11.3 Å². The van der Waals surface area contributed by atoms with Crippen LogP contribution >= 0.6 is 11.5 Å². The van der Waals surface area contributed by atoms with Gasteiger partial charge in [0.05, 0.1) is 24.5 Å². The molecule has 0 aliphatic carbocycles. The summed E-state index contributed by atoms with van der Waals surface area (Å²) in [6.07, 6.45) is 3.82. The van der Waals surface area contributed by atoms with E-state index in [-0.39, 0.29) is 17.7 Å². The van der Waals surface area contributed by atoms with E-state index in [1.54, 1.807) is 6.20 Å². The molecule has 0 bridgehead atoms. The maximum atomic E-state index is 12.3. The molecule has 8 heteroatoms. The molecule has 24 heavy (non-hydrogen) atoms. The molecule has 1 aliphatic rings. The number of hydrogen-bond donors (Lipinski definition) is 1. The maximum absolute atomic E-state index is 12.3. The second-order valence-electron chi connectivity index (χ2n) is 6.14. The topological polar surface area (TPSA) is 89.9 Å². The normalized spacial score (nSPS) is 17.9. The fourth-order valence-electron chi connectivity index (χ4n) is 2.64. The van der Waals surface area contributed by atoms with Gasteiger partial charge in [-0.3, -0.25) is 4.79 Å². The lowest BCUT2D eigenvalue weighted by Gasteiger charge is -2.20. The van der Waals surface area contributed by atoms with Crippen molar-refractivity contribution in [2.75, 3.05) is 13.2 Å². The van der Waals surface area contributed by atoms with Crippen molar-refractivity contribution in [3.05, 3.63) is 34.4 Å². The Kier molecular flexibility index (Phi) is 5.47. The van der Waals surface area contributed by atoms with Crippen molar-refractivity contribution in [1.82, 2.24) is 24.9 Å². The molecule has 1 amide bonds. The molecule has 1 N–H and O–H groups in total. The first-order valence-corrected chi connectivity index (χ1v) is 8.92. The third-order valence-electron chi connectivity index (χ3n) is 3.95. The minimum atomic E-state index is -0.158. The maximum Gasteiger partial charge on any atom is 0.265 e. The Morgan fingerprint density at radius 2 is 2.38 bits per heavy atom.